The molecule has 2 unspecified atom stereocenters. The predicted molar refractivity (Wildman–Crippen MR) is 88.2 cm³/mol. The molecule has 2 rings (SSSR count). The van der Waals surface area contributed by atoms with Gasteiger partial charge in [-0.05, 0) is 57.3 Å². The molecule has 3 nitrogen and oxygen atoms in total. The average Bonchev–Trinajstić information content (AvgIpc) is 2.85. The molecule has 0 bridgehead atoms. The second kappa shape index (κ2) is 8.88. The van der Waals surface area contributed by atoms with E-state index in [9.17, 15) is 4.79 Å². The third kappa shape index (κ3) is 5.24. The Morgan fingerprint density at radius 2 is 2.40 bits per heavy atom. The summed E-state index contributed by atoms with van der Waals surface area (Å²) in [6.07, 6.45) is 3.60. The van der Waals surface area contributed by atoms with E-state index in [4.69, 9.17) is 11.6 Å². The molecule has 1 aromatic heterocycles. The number of piperidine rings is 1. The Morgan fingerprint density at radius 1 is 1.60 bits per heavy atom. The lowest BCUT2D eigenvalue weighted by Gasteiger charge is -2.22. The van der Waals surface area contributed by atoms with Gasteiger partial charge in [-0.3, -0.25) is 4.79 Å². The van der Waals surface area contributed by atoms with Gasteiger partial charge in [-0.15, -0.1) is 23.7 Å². The molecule has 2 heterocycles. The summed E-state index contributed by atoms with van der Waals surface area (Å²) in [5.74, 6) is 0.699. The molecular weight excluding hydrogens is 315 g/mol. The van der Waals surface area contributed by atoms with Crippen molar-refractivity contribution in [1.29, 1.82) is 0 Å². The smallest absolute Gasteiger partial charge is 0.228 e. The molecule has 0 spiro atoms. The van der Waals surface area contributed by atoms with Gasteiger partial charge in [-0.25, -0.2) is 0 Å². The van der Waals surface area contributed by atoms with Crippen molar-refractivity contribution in [3.05, 3.63) is 21.3 Å². The standard InChI is InChI=1S/C14H21ClN2OS.ClH/c1-10(12-4-5-13(15)19-12)14(18)17-8-6-11-3-2-7-16-9-11;/h4-5,10-11,16H,2-3,6-9H2,1H3,(H,17,18);1H. The maximum Gasteiger partial charge on any atom is 0.228 e. The summed E-state index contributed by atoms with van der Waals surface area (Å²) in [5.41, 5.74) is 0. The van der Waals surface area contributed by atoms with E-state index in [-0.39, 0.29) is 24.2 Å². The lowest BCUT2D eigenvalue weighted by Crippen LogP contribution is -2.34. The molecule has 1 aliphatic heterocycles. The van der Waals surface area contributed by atoms with Gasteiger partial charge in [0.15, 0.2) is 0 Å². The van der Waals surface area contributed by atoms with Crippen LogP contribution in [0.3, 0.4) is 0 Å². The molecule has 0 aromatic carbocycles. The summed E-state index contributed by atoms with van der Waals surface area (Å²) in [6.45, 7) is 4.93. The number of rotatable bonds is 5. The summed E-state index contributed by atoms with van der Waals surface area (Å²) in [6, 6.07) is 3.78. The van der Waals surface area contributed by atoms with Crippen LogP contribution < -0.4 is 10.6 Å². The van der Waals surface area contributed by atoms with Crippen LogP contribution in [-0.4, -0.2) is 25.5 Å². The minimum absolute atomic E-state index is 0. The first-order valence-corrected chi connectivity index (χ1v) is 8.10. The molecule has 1 aliphatic rings. The van der Waals surface area contributed by atoms with Crippen LogP contribution in [-0.2, 0) is 4.79 Å². The molecule has 2 N–H and O–H groups in total. The first-order valence-electron chi connectivity index (χ1n) is 6.90. The van der Waals surface area contributed by atoms with Crippen molar-refractivity contribution in [1.82, 2.24) is 10.6 Å². The molecule has 6 heteroatoms. The second-order valence-electron chi connectivity index (χ2n) is 5.16. The van der Waals surface area contributed by atoms with E-state index in [0.717, 1.165) is 35.3 Å². The highest BCUT2D eigenvalue weighted by Gasteiger charge is 2.18. The van der Waals surface area contributed by atoms with E-state index in [2.05, 4.69) is 10.6 Å². The van der Waals surface area contributed by atoms with Gasteiger partial charge in [0.1, 0.15) is 0 Å². The highest BCUT2D eigenvalue weighted by molar-refractivity contribution is 7.16. The Kier molecular flexibility index (Phi) is 7.88. The van der Waals surface area contributed by atoms with Crippen molar-refractivity contribution < 1.29 is 4.79 Å². The van der Waals surface area contributed by atoms with Gasteiger partial charge in [0, 0.05) is 11.4 Å². The number of amides is 1. The summed E-state index contributed by atoms with van der Waals surface area (Å²) in [7, 11) is 0. The zero-order chi connectivity index (χ0) is 13.7. The quantitative estimate of drug-likeness (QED) is 0.864. The van der Waals surface area contributed by atoms with Gasteiger partial charge in [-0.1, -0.05) is 11.6 Å². The largest absolute Gasteiger partial charge is 0.356 e. The summed E-state index contributed by atoms with van der Waals surface area (Å²) < 4.78 is 0.739. The van der Waals surface area contributed by atoms with E-state index >= 15 is 0 Å². The molecule has 114 valence electrons. The Morgan fingerprint density at radius 3 is 3.00 bits per heavy atom. The van der Waals surface area contributed by atoms with Crippen molar-refractivity contribution >= 4 is 41.3 Å². The zero-order valence-electron chi connectivity index (χ0n) is 11.7. The fourth-order valence-electron chi connectivity index (χ4n) is 2.41. The van der Waals surface area contributed by atoms with Gasteiger partial charge < -0.3 is 10.6 Å². The highest BCUT2D eigenvalue weighted by atomic mass is 35.5. The van der Waals surface area contributed by atoms with Crippen LogP contribution in [0.25, 0.3) is 0 Å². The molecule has 1 saturated heterocycles. The minimum atomic E-state index is -0.109. The van der Waals surface area contributed by atoms with Crippen molar-refractivity contribution in [3.63, 3.8) is 0 Å². The van der Waals surface area contributed by atoms with Crippen LogP contribution in [0.4, 0.5) is 0 Å². The van der Waals surface area contributed by atoms with Gasteiger partial charge in [-0.2, -0.15) is 0 Å². The molecule has 0 saturated carbocycles. The Labute approximate surface area is 135 Å². The zero-order valence-corrected chi connectivity index (χ0v) is 14.0. The Balaban J connectivity index is 0.00000200. The Hall–Kier alpha value is -0.290. The number of hydrogen-bond donors (Lipinski definition) is 2. The van der Waals surface area contributed by atoms with E-state index in [1.165, 1.54) is 24.2 Å². The van der Waals surface area contributed by atoms with E-state index in [1.807, 2.05) is 19.1 Å². The lowest BCUT2D eigenvalue weighted by molar-refractivity contribution is -0.122. The molecule has 0 radical (unpaired) electrons. The minimum Gasteiger partial charge on any atom is -0.356 e. The van der Waals surface area contributed by atoms with E-state index in [0.29, 0.717) is 5.92 Å². The van der Waals surface area contributed by atoms with Crippen LogP contribution in [0.2, 0.25) is 4.34 Å². The molecular formula is C14H22Cl2N2OS. The molecule has 1 aromatic rings. The molecule has 20 heavy (non-hydrogen) atoms. The van der Waals surface area contributed by atoms with Crippen LogP contribution in [0.5, 0.6) is 0 Å². The second-order valence-corrected chi connectivity index (χ2v) is 6.90. The van der Waals surface area contributed by atoms with Crippen molar-refractivity contribution in [2.24, 2.45) is 5.92 Å². The van der Waals surface area contributed by atoms with Crippen molar-refractivity contribution in [2.45, 2.75) is 32.1 Å². The number of hydrogen-bond acceptors (Lipinski definition) is 3. The van der Waals surface area contributed by atoms with Crippen LogP contribution in [0.15, 0.2) is 12.1 Å². The van der Waals surface area contributed by atoms with Crippen molar-refractivity contribution in [3.8, 4) is 0 Å². The van der Waals surface area contributed by atoms with Gasteiger partial charge >= 0.3 is 0 Å². The normalized spacial score (nSPS) is 20.0. The van der Waals surface area contributed by atoms with Crippen LogP contribution >= 0.6 is 35.3 Å². The number of carbonyl (C=O) groups is 1. The maximum atomic E-state index is 12.0. The molecule has 1 fully saturated rings. The predicted octanol–water partition coefficient (Wildman–Crippen LogP) is 3.43. The monoisotopic (exact) mass is 336 g/mol. The third-order valence-electron chi connectivity index (χ3n) is 3.66. The summed E-state index contributed by atoms with van der Waals surface area (Å²) in [5, 5.41) is 6.43. The first-order chi connectivity index (χ1) is 9.16. The lowest BCUT2D eigenvalue weighted by atomic mass is 9.96. The van der Waals surface area contributed by atoms with Crippen LogP contribution in [0, 0.1) is 5.92 Å². The number of thiophene rings is 1. The number of nitrogens with one attached hydrogen (secondary N) is 2. The first kappa shape index (κ1) is 17.8. The molecule has 2 atom stereocenters. The van der Waals surface area contributed by atoms with Crippen molar-refractivity contribution in [2.75, 3.05) is 19.6 Å². The summed E-state index contributed by atoms with van der Waals surface area (Å²) >= 11 is 7.38. The average molecular weight is 337 g/mol. The summed E-state index contributed by atoms with van der Waals surface area (Å²) in [4.78, 5) is 13.1. The number of halogens is 2. The third-order valence-corrected chi connectivity index (χ3v) is 5.08. The maximum absolute atomic E-state index is 12.0. The molecule has 0 aliphatic carbocycles. The van der Waals surface area contributed by atoms with E-state index in [1.54, 1.807) is 0 Å². The van der Waals surface area contributed by atoms with Gasteiger partial charge in [0.25, 0.3) is 0 Å². The fraction of sp³-hybridized carbons (Fsp3) is 0.643. The fourth-order valence-corrected chi connectivity index (χ4v) is 3.52. The SMILES string of the molecule is CC(C(=O)NCCC1CCCNC1)c1ccc(Cl)s1.Cl. The van der Waals surface area contributed by atoms with E-state index < -0.39 is 0 Å². The van der Waals surface area contributed by atoms with Gasteiger partial charge in [0.2, 0.25) is 5.91 Å². The van der Waals surface area contributed by atoms with Crippen LogP contribution in [0.1, 0.15) is 37.0 Å². The highest BCUT2D eigenvalue weighted by Crippen LogP contribution is 2.28. The topological polar surface area (TPSA) is 41.1 Å². The van der Waals surface area contributed by atoms with Gasteiger partial charge in [0.05, 0.1) is 10.3 Å². The number of carbonyl (C=O) groups excluding carboxylic acids is 1. The Bertz CT molecular complexity index is 419. The molecule has 1 amide bonds.